The summed E-state index contributed by atoms with van der Waals surface area (Å²) < 4.78 is 32.2. The number of sulfonamides is 1. The van der Waals surface area contributed by atoms with Crippen LogP contribution in [0.1, 0.15) is 24.8 Å². The monoisotopic (exact) mass is 450 g/mol. The van der Waals surface area contributed by atoms with E-state index in [1.54, 1.807) is 22.4 Å². The second-order valence-corrected chi connectivity index (χ2v) is 10.3. The van der Waals surface area contributed by atoms with Crippen molar-refractivity contribution in [1.82, 2.24) is 9.21 Å². The highest BCUT2D eigenvalue weighted by molar-refractivity contribution is 7.91. The fraction of sp³-hybridized carbons (Fsp3) is 0.429. The third-order valence-electron chi connectivity index (χ3n) is 5.16. The van der Waals surface area contributed by atoms with E-state index in [1.165, 1.54) is 22.8 Å². The average molecular weight is 451 g/mol. The number of methoxy groups -OCH3 is 1. The number of amides is 1. The van der Waals surface area contributed by atoms with Crippen molar-refractivity contribution in [1.29, 1.82) is 0 Å². The van der Waals surface area contributed by atoms with Crippen molar-refractivity contribution < 1.29 is 22.7 Å². The van der Waals surface area contributed by atoms with Gasteiger partial charge in [-0.2, -0.15) is 4.31 Å². The molecule has 9 heteroatoms. The molecule has 0 aliphatic carbocycles. The number of esters is 1. The summed E-state index contributed by atoms with van der Waals surface area (Å²) in [6, 6.07) is 12.8. The fourth-order valence-electron chi connectivity index (χ4n) is 3.56. The van der Waals surface area contributed by atoms with E-state index < -0.39 is 15.9 Å². The van der Waals surface area contributed by atoms with Crippen LogP contribution in [0.4, 0.5) is 0 Å². The van der Waals surface area contributed by atoms with Crippen LogP contribution in [0.5, 0.6) is 0 Å². The minimum atomic E-state index is -3.59. The highest BCUT2D eigenvalue weighted by atomic mass is 32.2. The minimum absolute atomic E-state index is 0.0962. The molecular weight excluding hydrogens is 424 g/mol. The third-order valence-corrected chi connectivity index (χ3v) is 8.40. The molecule has 0 radical (unpaired) electrons. The predicted octanol–water partition coefficient (Wildman–Crippen LogP) is 2.74. The Balaban J connectivity index is 1.74. The Bertz CT molecular complexity index is 945. The quantitative estimate of drug-likeness (QED) is 0.578. The number of piperidine rings is 1. The van der Waals surface area contributed by atoms with E-state index in [-0.39, 0.29) is 31.4 Å². The maximum Gasteiger partial charge on any atom is 0.307 e. The lowest BCUT2D eigenvalue weighted by Gasteiger charge is -2.34. The molecular formula is C21H26N2O5S2. The van der Waals surface area contributed by atoms with Crippen molar-refractivity contribution in [3.8, 4) is 0 Å². The summed E-state index contributed by atoms with van der Waals surface area (Å²) >= 11 is 1.18. The normalized spacial score (nSPS) is 17.4. The van der Waals surface area contributed by atoms with Crippen LogP contribution in [-0.4, -0.2) is 56.2 Å². The second-order valence-electron chi connectivity index (χ2n) is 7.21. The van der Waals surface area contributed by atoms with E-state index >= 15 is 0 Å². The molecule has 0 N–H and O–H groups in total. The summed E-state index contributed by atoms with van der Waals surface area (Å²) in [5, 5.41) is 1.73. The molecule has 1 amide bonds. The molecule has 0 bridgehead atoms. The van der Waals surface area contributed by atoms with Gasteiger partial charge in [-0.15, -0.1) is 11.3 Å². The molecule has 0 spiro atoms. The molecule has 7 nitrogen and oxygen atoms in total. The molecule has 162 valence electrons. The van der Waals surface area contributed by atoms with Crippen LogP contribution in [0.3, 0.4) is 0 Å². The van der Waals surface area contributed by atoms with Gasteiger partial charge in [0.25, 0.3) is 10.0 Å². The molecule has 1 fully saturated rings. The Morgan fingerprint density at radius 3 is 2.63 bits per heavy atom. The number of rotatable bonds is 8. The fourth-order valence-corrected chi connectivity index (χ4v) is 6.23. The van der Waals surface area contributed by atoms with E-state index in [0.29, 0.717) is 30.1 Å². The van der Waals surface area contributed by atoms with Crippen molar-refractivity contribution in [2.24, 2.45) is 5.92 Å². The Morgan fingerprint density at radius 2 is 1.97 bits per heavy atom. The molecule has 1 atom stereocenters. The topological polar surface area (TPSA) is 84.0 Å². The standard InChI is InChI=1S/C21H26N2O5S2/c1-28-19(24)11-13-22(15-17-7-3-2-4-8-17)21(25)18-9-5-12-23(16-18)30(26,27)20-10-6-14-29-20/h2-4,6-8,10,14,18H,5,9,11-13,15-16H2,1H3. The van der Waals surface area contributed by atoms with E-state index in [4.69, 9.17) is 4.74 Å². The minimum Gasteiger partial charge on any atom is -0.469 e. The summed E-state index contributed by atoms with van der Waals surface area (Å²) in [6.07, 6.45) is 1.34. The first-order valence-electron chi connectivity index (χ1n) is 9.85. The van der Waals surface area contributed by atoms with Crippen LogP contribution in [0, 0.1) is 5.92 Å². The van der Waals surface area contributed by atoms with Gasteiger partial charge in [-0.05, 0) is 29.9 Å². The Morgan fingerprint density at radius 1 is 1.20 bits per heavy atom. The summed E-state index contributed by atoms with van der Waals surface area (Å²) in [4.78, 5) is 26.6. The van der Waals surface area contributed by atoms with E-state index in [2.05, 4.69) is 0 Å². The van der Waals surface area contributed by atoms with Gasteiger partial charge in [0.1, 0.15) is 4.21 Å². The zero-order chi connectivity index (χ0) is 21.6. The number of hydrogen-bond acceptors (Lipinski definition) is 6. The zero-order valence-corrected chi connectivity index (χ0v) is 18.5. The van der Waals surface area contributed by atoms with Crippen molar-refractivity contribution in [3.63, 3.8) is 0 Å². The molecule has 1 aliphatic heterocycles. The number of nitrogens with zero attached hydrogens (tertiary/aromatic N) is 2. The number of hydrogen-bond donors (Lipinski definition) is 0. The van der Waals surface area contributed by atoms with E-state index in [1.807, 2.05) is 30.3 Å². The largest absolute Gasteiger partial charge is 0.469 e. The summed E-state index contributed by atoms with van der Waals surface area (Å²) in [7, 11) is -2.27. The van der Waals surface area contributed by atoms with Gasteiger partial charge in [0.05, 0.1) is 19.4 Å². The van der Waals surface area contributed by atoms with Crippen LogP contribution in [0.2, 0.25) is 0 Å². The van der Waals surface area contributed by atoms with Gasteiger partial charge in [0, 0.05) is 26.2 Å². The molecule has 1 saturated heterocycles. The molecule has 2 heterocycles. The average Bonchev–Trinajstić information content (AvgIpc) is 3.32. The van der Waals surface area contributed by atoms with Gasteiger partial charge < -0.3 is 9.64 Å². The molecule has 3 rings (SSSR count). The number of ether oxygens (including phenoxy) is 1. The van der Waals surface area contributed by atoms with Crippen molar-refractivity contribution in [2.45, 2.75) is 30.0 Å². The summed E-state index contributed by atoms with van der Waals surface area (Å²) in [5.74, 6) is -0.949. The lowest BCUT2D eigenvalue weighted by molar-refractivity contribution is -0.143. The Kier molecular flexibility index (Phi) is 7.63. The summed E-state index contributed by atoms with van der Waals surface area (Å²) in [6.45, 7) is 1.16. The molecule has 2 aromatic rings. The van der Waals surface area contributed by atoms with Gasteiger partial charge >= 0.3 is 5.97 Å². The lowest BCUT2D eigenvalue weighted by atomic mass is 9.97. The maximum absolute atomic E-state index is 13.3. The molecule has 0 saturated carbocycles. The second kappa shape index (κ2) is 10.2. The highest BCUT2D eigenvalue weighted by Gasteiger charge is 2.35. The van der Waals surface area contributed by atoms with E-state index in [0.717, 1.165) is 5.56 Å². The SMILES string of the molecule is COC(=O)CCN(Cc1ccccc1)C(=O)C1CCCN(S(=O)(=O)c2cccs2)C1. The van der Waals surface area contributed by atoms with Crippen LogP contribution >= 0.6 is 11.3 Å². The van der Waals surface area contributed by atoms with Gasteiger partial charge in [-0.3, -0.25) is 9.59 Å². The number of thiophene rings is 1. The van der Waals surface area contributed by atoms with Crippen molar-refractivity contribution in [2.75, 3.05) is 26.7 Å². The van der Waals surface area contributed by atoms with Crippen LogP contribution in [0.25, 0.3) is 0 Å². The van der Waals surface area contributed by atoms with Gasteiger partial charge in [-0.1, -0.05) is 36.4 Å². The predicted molar refractivity (Wildman–Crippen MR) is 114 cm³/mol. The molecule has 1 aromatic heterocycles. The van der Waals surface area contributed by atoms with Gasteiger partial charge in [0.15, 0.2) is 0 Å². The summed E-state index contributed by atoms with van der Waals surface area (Å²) in [5.41, 5.74) is 0.953. The molecule has 1 unspecified atom stereocenters. The van der Waals surface area contributed by atoms with E-state index in [9.17, 15) is 18.0 Å². The third kappa shape index (κ3) is 5.47. The van der Waals surface area contributed by atoms with Gasteiger partial charge in [-0.25, -0.2) is 8.42 Å². The number of carbonyl (C=O) groups excluding carboxylic acids is 2. The van der Waals surface area contributed by atoms with Crippen LogP contribution in [-0.2, 0) is 30.9 Å². The highest BCUT2D eigenvalue weighted by Crippen LogP contribution is 2.27. The first-order valence-corrected chi connectivity index (χ1v) is 12.2. The molecule has 1 aliphatic rings. The Labute approximate surface area is 181 Å². The molecule has 1 aromatic carbocycles. The first-order chi connectivity index (χ1) is 14.4. The van der Waals surface area contributed by atoms with Crippen LogP contribution < -0.4 is 0 Å². The molecule has 30 heavy (non-hydrogen) atoms. The zero-order valence-electron chi connectivity index (χ0n) is 16.9. The van der Waals surface area contributed by atoms with Crippen molar-refractivity contribution in [3.05, 3.63) is 53.4 Å². The van der Waals surface area contributed by atoms with Gasteiger partial charge in [0.2, 0.25) is 5.91 Å². The van der Waals surface area contributed by atoms with Crippen LogP contribution in [0.15, 0.2) is 52.1 Å². The first kappa shape index (κ1) is 22.5. The smallest absolute Gasteiger partial charge is 0.307 e. The maximum atomic E-state index is 13.3. The number of benzene rings is 1. The Hall–Kier alpha value is -2.23. The van der Waals surface area contributed by atoms with Crippen molar-refractivity contribution >= 4 is 33.2 Å². The number of carbonyl (C=O) groups is 2. The lowest BCUT2D eigenvalue weighted by Crippen LogP contribution is -2.46.